The van der Waals surface area contributed by atoms with Crippen LogP contribution in [0, 0.1) is 0 Å². The summed E-state index contributed by atoms with van der Waals surface area (Å²) in [4.78, 5) is 15.9. The van der Waals surface area contributed by atoms with Crippen molar-refractivity contribution >= 4 is 40.2 Å². The van der Waals surface area contributed by atoms with Crippen molar-refractivity contribution in [2.45, 2.75) is 5.88 Å². The van der Waals surface area contributed by atoms with Gasteiger partial charge in [0.1, 0.15) is 5.65 Å². The van der Waals surface area contributed by atoms with Crippen molar-refractivity contribution in [1.29, 1.82) is 0 Å². The number of thiophene rings is 1. The van der Waals surface area contributed by atoms with E-state index in [0.29, 0.717) is 16.5 Å². The summed E-state index contributed by atoms with van der Waals surface area (Å²) < 4.78 is 1.26. The molecule has 7 heteroatoms. The zero-order valence-electron chi connectivity index (χ0n) is 8.98. The maximum absolute atomic E-state index is 11.9. The Bertz CT molecular complexity index is 761. The van der Waals surface area contributed by atoms with Crippen molar-refractivity contribution in [3.8, 4) is 10.4 Å². The fourth-order valence-electron chi connectivity index (χ4n) is 1.78. The highest BCUT2D eigenvalue weighted by atomic mass is 35.5. The first kappa shape index (κ1) is 11.8. The average molecular weight is 300 g/mol. The van der Waals surface area contributed by atoms with E-state index in [0.717, 1.165) is 10.4 Å². The van der Waals surface area contributed by atoms with Crippen LogP contribution in [0.15, 0.2) is 28.4 Å². The molecule has 0 aromatic carbocycles. The second-order valence-corrected chi connectivity index (χ2v) is 5.24. The van der Waals surface area contributed by atoms with Crippen molar-refractivity contribution in [2.24, 2.45) is 0 Å². The summed E-state index contributed by atoms with van der Waals surface area (Å²) in [5, 5.41) is 6.29. The Morgan fingerprint density at radius 3 is 3.00 bits per heavy atom. The Morgan fingerprint density at radius 2 is 2.33 bits per heavy atom. The lowest BCUT2D eigenvalue weighted by molar-refractivity contribution is 0.888. The van der Waals surface area contributed by atoms with Crippen molar-refractivity contribution in [2.75, 3.05) is 0 Å². The van der Waals surface area contributed by atoms with Gasteiger partial charge in [-0.2, -0.15) is 9.61 Å². The predicted molar refractivity (Wildman–Crippen MR) is 73.7 cm³/mol. The largest absolute Gasteiger partial charge is 0.342 e. The van der Waals surface area contributed by atoms with Crippen LogP contribution in [0.25, 0.3) is 16.1 Å². The average Bonchev–Trinajstić information content (AvgIpc) is 2.95. The van der Waals surface area contributed by atoms with E-state index in [1.807, 2.05) is 17.5 Å². The minimum Gasteiger partial charge on any atom is -0.342 e. The number of aromatic nitrogens is 3. The lowest BCUT2D eigenvalue weighted by Gasteiger charge is -1.99. The number of nitrogens with one attached hydrogen (secondary N) is 1. The highest BCUT2D eigenvalue weighted by molar-refractivity contribution is 7.13. The quantitative estimate of drug-likeness (QED) is 0.739. The maximum atomic E-state index is 11.9. The highest BCUT2D eigenvalue weighted by Gasteiger charge is 2.16. The van der Waals surface area contributed by atoms with Gasteiger partial charge in [-0.15, -0.1) is 22.9 Å². The van der Waals surface area contributed by atoms with E-state index in [1.165, 1.54) is 21.9 Å². The van der Waals surface area contributed by atoms with Crippen LogP contribution in [0.2, 0.25) is 5.15 Å². The van der Waals surface area contributed by atoms with Gasteiger partial charge in [0.25, 0.3) is 5.56 Å². The van der Waals surface area contributed by atoms with E-state index in [-0.39, 0.29) is 11.4 Å². The van der Waals surface area contributed by atoms with E-state index in [9.17, 15) is 4.79 Å². The molecule has 3 rings (SSSR count). The molecular weight excluding hydrogens is 293 g/mol. The van der Waals surface area contributed by atoms with Gasteiger partial charge in [-0.25, -0.2) is 0 Å². The number of H-pyrrole nitrogens is 1. The molecule has 0 unspecified atom stereocenters. The van der Waals surface area contributed by atoms with Crippen LogP contribution in [0.3, 0.4) is 0 Å². The monoisotopic (exact) mass is 299 g/mol. The molecule has 0 amide bonds. The molecule has 1 N–H and O–H groups in total. The molecule has 0 saturated heterocycles. The lowest BCUT2D eigenvalue weighted by Crippen LogP contribution is -2.15. The molecule has 0 saturated carbocycles. The van der Waals surface area contributed by atoms with Crippen molar-refractivity contribution in [3.05, 3.63) is 44.8 Å². The van der Waals surface area contributed by atoms with Crippen LogP contribution in [-0.4, -0.2) is 14.6 Å². The molecule has 3 aromatic heterocycles. The van der Waals surface area contributed by atoms with Crippen LogP contribution in [0.1, 0.15) is 5.69 Å². The van der Waals surface area contributed by atoms with Gasteiger partial charge in [-0.1, -0.05) is 17.7 Å². The topological polar surface area (TPSA) is 50.2 Å². The first-order valence-corrected chi connectivity index (χ1v) is 6.90. The number of fused-ring (bicyclic) bond motifs is 1. The summed E-state index contributed by atoms with van der Waals surface area (Å²) in [6, 6.07) is 5.27. The van der Waals surface area contributed by atoms with Crippen LogP contribution >= 0.6 is 34.5 Å². The fraction of sp³-hybridized carbons (Fsp3) is 0.0909. The molecule has 0 aliphatic rings. The maximum Gasteiger partial charge on any atom is 0.274 e. The predicted octanol–water partition coefficient (Wildman–Crippen LogP) is 3.14. The van der Waals surface area contributed by atoms with Crippen LogP contribution in [-0.2, 0) is 5.88 Å². The lowest BCUT2D eigenvalue weighted by atomic mass is 10.3. The number of rotatable bonds is 2. The van der Waals surface area contributed by atoms with Crippen molar-refractivity contribution in [1.82, 2.24) is 14.6 Å². The first-order chi connectivity index (χ1) is 8.70. The number of aromatic amines is 1. The minimum atomic E-state index is -0.246. The molecule has 0 radical (unpaired) electrons. The van der Waals surface area contributed by atoms with Gasteiger partial charge in [-0.3, -0.25) is 4.79 Å². The molecule has 0 atom stereocenters. The van der Waals surface area contributed by atoms with Crippen LogP contribution < -0.4 is 5.56 Å². The van der Waals surface area contributed by atoms with Gasteiger partial charge in [0.05, 0.1) is 11.4 Å². The molecule has 0 spiro atoms. The zero-order valence-corrected chi connectivity index (χ0v) is 11.3. The number of alkyl halides is 1. The second kappa shape index (κ2) is 4.42. The van der Waals surface area contributed by atoms with Gasteiger partial charge in [0.15, 0.2) is 5.15 Å². The summed E-state index contributed by atoms with van der Waals surface area (Å²) in [5.41, 5.74) is 1.70. The Balaban J connectivity index is 2.41. The Hall–Kier alpha value is -1.30. The third-order valence-electron chi connectivity index (χ3n) is 2.54. The third-order valence-corrected chi connectivity index (χ3v) is 3.98. The van der Waals surface area contributed by atoms with Crippen molar-refractivity contribution in [3.63, 3.8) is 0 Å². The molecule has 3 aromatic rings. The Morgan fingerprint density at radius 1 is 1.50 bits per heavy atom. The van der Waals surface area contributed by atoms with Gasteiger partial charge in [-0.05, 0) is 11.4 Å². The van der Waals surface area contributed by atoms with Crippen molar-refractivity contribution < 1.29 is 0 Å². The molecule has 0 aliphatic carbocycles. The Kier molecular flexibility index (Phi) is 2.89. The van der Waals surface area contributed by atoms with E-state index in [4.69, 9.17) is 23.2 Å². The number of halogens is 2. The zero-order chi connectivity index (χ0) is 12.7. The van der Waals surface area contributed by atoms with Gasteiger partial charge < -0.3 is 4.98 Å². The van der Waals surface area contributed by atoms with Crippen LogP contribution in [0.5, 0.6) is 0 Å². The Labute approximate surface area is 116 Å². The van der Waals surface area contributed by atoms with Gasteiger partial charge in [0.2, 0.25) is 0 Å². The number of hydrogen-bond donors (Lipinski definition) is 1. The third kappa shape index (κ3) is 1.75. The minimum absolute atomic E-state index is 0.235. The molecule has 0 aliphatic heterocycles. The van der Waals surface area contributed by atoms with E-state index >= 15 is 0 Å². The molecule has 0 fully saturated rings. The summed E-state index contributed by atoms with van der Waals surface area (Å²) >= 11 is 13.4. The summed E-state index contributed by atoms with van der Waals surface area (Å²) in [5.74, 6) is 0.235. The van der Waals surface area contributed by atoms with E-state index in [2.05, 4.69) is 10.1 Å². The number of hydrogen-bond acceptors (Lipinski definition) is 3. The molecule has 18 heavy (non-hydrogen) atoms. The number of nitrogens with zero attached hydrogens (tertiary/aromatic N) is 2. The van der Waals surface area contributed by atoms with Crippen LogP contribution in [0.4, 0.5) is 0 Å². The standard InChI is InChI=1S/C11H7Cl2N3OS/c12-5-6-4-8(17)16-11(14-6)9(10(13)15-16)7-2-1-3-18-7/h1-4,14H,5H2. The van der Waals surface area contributed by atoms with E-state index < -0.39 is 0 Å². The van der Waals surface area contributed by atoms with Gasteiger partial charge in [0, 0.05) is 16.6 Å². The second-order valence-electron chi connectivity index (χ2n) is 3.67. The normalized spacial score (nSPS) is 11.2. The summed E-state index contributed by atoms with van der Waals surface area (Å²) in [7, 11) is 0. The fourth-order valence-corrected chi connectivity index (χ4v) is 3.01. The van der Waals surface area contributed by atoms with Gasteiger partial charge >= 0.3 is 0 Å². The molecule has 92 valence electrons. The molecular formula is C11H7Cl2N3OS. The highest BCUT2D eigenvalue weighted by Crippen LogP contribution is 2.33. The first-order valence-electron chi connectivity index (χ1n) is 5.11. The summed E-state index contributed by atoms with van der Waals surface area (Å²) in [6.45, 7) is 0. The van der Waals surface area contributed by atoms with E-state index in [1.54, 1.807) is 0 Å². The summed E-state index contributed by atoms with van der Waals surface area (Å²) in [6.07, 6.45) is 0. The molecule has 0 bridgehead atoms. The SMILES string of the molecule is O=c1cc(CCl)[nH]c2c(-c3cccs3)c(Cl)nn12. The molecule has 3 heterocycles. The molecule has 4 nitrogen and oxygen atoms in total. The smallest absolute Gasteiger partial charge is 0.274 e.